The molecule has 0 spiro atoms. The van der Waals surface area contributed by atoms with E-state index in [1.807, 2.05) is 169 Å². The molecule has 0 aliphatic carbocycles. The van der Waals surface area contributed by atoms with E-state index in [-0.39, 0.29) is 92.2 Å². The third-order valence-electron chi connectivity index (χ3n) is 24.5. The molecule has 4 amide bonds. The fraction of sp³-hybridized carbons (Fsp3) is 0.327. The lowest BCUT2D eigenvalue weighted by Crippen LogP contribution is -2.44. The van der Waals surface area contributed by atoms with Gasteiger partial charge in [0, 0.05) is 119 Å². The van der Waals surface area contributed by atoms with Crippen LogP contribution in [0.15, 0.2) is 207 Å². The maximum atomic E-state index is 13.0. The highest BCUT2D eigenvalue weighted by molar-refractivity contribution is 6.08. The van der Waals surface area contributed by atoms with Crippen LogP contribution in [-0.2, 0) is 4.79 Å². The van der Waals surface area contributed by atoms with Crippen molar-refractivity contribution in [3.05, 3.63) is 293 Å². The van der Waals surface area contributed by atoms with Gasteiger partial charge < -0.3 is 82.5 Å². The minimum absolute atomic E-state index is 0.0157. The van der Waals surface area contributed by atoms with Gasteiger partial charge in [0.05, 0.1) is 87.2 Å². The van der Waals surface area contributed by atoms with E-state index in [0.29, 0.717) is 154 Å². The highest BCUT2D eigenvalue weighted by Crippen LogP contribution is 2.27. The maximum Gasteiger partial charge on any atom is 0.471 e. The molecule has 42 nitrogen and oxygen atoms in total. The van der Waals surface area contributed by atoms with Crippen LogP contribution in [0.4, 0.5) is 37.0 Å². The van der Waals surface area contributed by atoms with Gasteiger partial charge in [0.15, 0.2) is 22.1 Å². The second-order valence-corrected chi connectivity index (χ2v) is 36.2. The van der Waals surface area contributed by atoms with E-state index in [1.54, 1.807) is 110 Å². The zero-order valence-electron chi connectivity index (χ0n) is 84.0. The normalized spacial score (nSPS) is 11.5. The molecule has 8 N–H and O–H groups in total. The molecule has 149 heavy (non-hydrogen) atoms. The number of carbonyl (C=O) groups is 4. The summed E-state index contributed by atoms with van der Waals surface area (Å²) in [5.74, 6) is -2.58. The molecule has 776 valence electrons. The largest absolute Gasteiger partial charge is 0.739 e. The standard InChI is InChI=1S/C30H32N8O3.C29H32N8O3.C28H30N8O3.C17H23F3N6O3/c1-21-8-11-26-27(20-21)38(41)35-30(37(26)40)33-15-5-19-36(2)18-4-14-32-29(39)24-7-3-6-23-9-10-25(34-28(23)24)22-12-16-31-17-13-22;1-19-12-13-24-25(18-19)37(40)34-29(36(24)39)31-15-7-17-35(3)16-6-14-30-28(38)21-9-5-11-23-27(21)33-26-20(2)8-4-10-22(26)32-23;1-19-12-13-24-25(18-19)36(39)33-28(35(24)38)30-15-7-17-34(2)16-6-14-29-27(37)20-8-5-11-23-26(20)32-22-10-4-3-9-21(22)31-23;1-12-5-6-13-14(11-12)26(29)23-16(25(13)28)22-8-4-10-24(2)9-3-7-21-15(27)17(18,19)20/h3,6-13,16-17,20H,4-5,14-15,18-19H2,1-2H3,(H,32,39)(H,33,35);4-5,8-13,18H,6-7,14-17H2,1-3H3,(H,30,38)(H,31,34);3-5,8-13,18H,6-7,14-17H2,1-2H3,(H,29,37)(H,30,33);5-6,11H,3-4,7-10H2,1-2H3,(H,21,27)(H,22,23). The first-order valence-electron chi connectivity index (χ1n) is 48.8. The van der Waals surface area contributed by atoms with E-state index < -0.39 is 12.1 Å². The van der Waals surface area contributed by atoms with Crippen LogP contribution in [0.5, 0.6) is 0 Å². The van der Waals surface area contributed by atoms with Crippen molar-refractivity contribution in [2.24, 2.45) is 0 Å². The summed E-state index contributed by atoms with van der Waals surface area (Å²) in [7, 11) is 7.81. The summed E-state index contributed by atoms with van der Waals surface area (Å²) in [4.78, 5) is 87.3. The number of amides is 4. The number of halogens is 3. The molecule has 17 aromatic rings. The Hall–Kier alpha value is -17.1. The van der Waals surface area contributed by atoms with Crippen molar-refractivity contribution in [2.75, 3.05) is 154 Å². The Morgan fingerprint density at radius 3 is 0.987 bits per heavy atom. The van der Waals surface area contributed by atoms with Crippen molar-refractivity contribution in [1.82, 2.24) is 91.2 Å². The number of rotatable bonds is 40. The van der Waals surface area contributed by atoms with Crippen LogP contribution in [0.25, 0.3) is 110 Å². The van der Waals surface area contributed by atoms with Crippen LogP contribution in [0.2, 0.25) is 0 Å². The van der Waals surface area contributed by atoms with Crippen molar-refractivity contribution in [1.29, 1.82) is 0 Å². The predicted octanol–water partition coefficient (Wildman–Crippen LogP) is 8.82. The Kier molecular flexibility index (Phi) is 36.6. The Morgan fingerprint density at radius 2 is 0.617 bits per heavy atom. The fourth-order valence-corrected chi connectivity index (χ4v) is 16.6. The number of hydrogen-bond donors (Lipinski definition) is 8. The molecule has 0 aliphatic heterocycles. The zero-order chi connectivity index (χ0) is 106. The van der Waals surface area contributed by atoms with Gasteiger partial charge in [0.2, 0.25) is 20.4 Å². The molecule has 0 aliphatic rings. The summed E-state index contributed by atoms with van der Waals surface area (Å²) >= 11 is 0. The molecule has 0 atom stereocenters. The molecular formula is C104H117F3N30O12. The highest BCUT2D eigenvalue weighted by Gasteiger charge is 2.38. The van der Waals surface area contributed by atoms with Gasteiger partial charge in [0.25, 0.3) is 39.8 Å². The summed E-state index contributed by atoms with van der Waals surface area (Å²) in [6, 6.07) is 57.8. The van der Waals surface area contributed by atoms with Crippen molar-refractivity contribution in [3.8, 4) is 11.3 Å². The van der Waals surface area contributed by atoms with Crippen molar-refractivity contribution in [2.45, 2.75) is 92.2 Å². The first-order chi connectivity index (χ1) is 71.7. The van der Waals surface area contributed by atoms with E-state index >= 15 is 0 Å². The summed E-state index contributed by atoms with van der Waals surface area (Å²) in [5.41, 5.74) is 16.2. The highest BCUT2D eigenvalue weighted by atomic mass is 19.4. The first kappa shape index (κ1) is 108. The molecule has 8 heterocycles. The van der Waals surface area contributed by atoms with Gasteiger partial charge in [0.1, 0.15) is 11.0 Å². The number of alkyl halides is 3. The lowest BCUT2D eigenvalue weighted by molar-refractivity contribution is -0.672. The molecule has 0 unspecified atom stereocenters. The van der Waals surface area contributed by atoms with Crippen LogP contribution in [0.3, 0.4) is 0 Å². The quantitative estimate of drug-likeness (QED) is 0.00769. The number of anilines is 4. The number of para-hydroxylation sites is 6. The summed E-state index contributed by atoms with van der Waals surface area (Å²) < 4.78 is 38.7. The summed E-state index contributed by atoms with van der Waals surface area (Å²) in [5, 5.41) is 137. The Morgan fingerprint density at radius 1 is 0.309 bits per heavy atom. The Balaban J connectivity index is 0.000000158. The monoisotopic (exact) mass is 2030 g/mol. The first-order valence-corrected chi connectivity index (χ1v) is 48.8. The van der Waals surface area contributed by atoms with Gasteiger partial charge in [-0.05, 0) is 259 Å². The summed E-state index contributed by atoms with van der Waals surface area (Å²) in [6.45, 7) is 18.5. The summed E-state index contributed by atoms with van der Waals surface area (Å²) in [6.07, 6.45) is 4.12. The minimum atomic E-state index is -4.87. The van der Waals surface area contributed by atoms with Gasteiger partial charge in [-0.25, -0.2) is 43.8 Å². The van der Waals surface area contributed by atoms with Gasteiger partial charge in [-0.1, -0.05) is 78.9 Å². The SMILES string of the molecule is Cc1ccc2c(c1)[n+]([O-])nc(NCCCN(C)CCCNC(=O)C(F)(F)F)[n+]2[O-].Cc1ccc2c(c1)[n+]([O-])nc(NCCCN(C)CCCNC(=O)c1cccc3ccc(-c4ccncc4)nc13)[n+]2[O-].Cc1ccc2c(c1)[n+]([O-])nc(NCCCN(C)CCCNC(=O)c1cccc3nc4cccc(C)c4nc13)[n+]2[O-].Cc1ccc2c(c1)[n+]([O-])nc(NCCCN(C)CCCNC(=O)c1cccc3nc4ccccc4nc13)[n+]2[O-]. The lowest BCUT2D eigenvalue weighted by Gasteiger charge is -2.16. The van der Waals surface area contributed by atoms with Crippen LogP contribution in [-0.4, -0.2) is 233 Å². The molecule has 0 saturated carbocycles. The molecule has 9 aromatic carbocycles. The smallest absolute Gasteiger partial charge is 0.471 e. The van der Waals surface area contributed by atoms with Crippen molar-refractivity contribution in [3.63, 3.8) is 0 Å². The van der Waals surface area contributed by atoms with Gasteiger partial charge in [-0.15, -0.1) is 0 Å². The predicted molar refractivity (Wildman–Crippen MR) is 558 cm³/mol. The topological polar surface area (TPSA) is 522 Å². The van der Waals surface area contributed by atoms with E-state index in [0.717, 1.165) is 144 Å². The maximum absolute atomic E-state index is 13.0. The van der Waals surface area contributed by atoms with E-state index in [9.17, 15) is 74.0 Å². The molecular weight excluding hydrogens is 1920 g/mol. The van der Waals surface area contributed by atoms with E-state index in [1.165, 1.54) is 0 Å². The van der Waals surface area contributed by atoms with Crippen LogP contribution < -0.4 is 80.8 Å². The fourth-order valence-electron chi connectivity index (χ4n) is 16.6. The zero-order valence-corrected chi connectivity index (χ0v) is 84.0. The molecule has 45 heteroatoms. The number of hydrogen-bond acceptors (Lipinski definition) is 30. The number of benzene rings is 9. The average molecular weight is 2040 g/mol. The molecule has 0 bridgehead atoms. The van der Waals surface area contributed by atoms with E-state index in [4.69, 9.17) is 9.97 Å². The van der Waals surface area contributed by atoms with E-state index in [2.05, 4.69) is 92.2 Å². The van der Waals surface area contributed by atoms with Crippen molar-refractivity contribution < 1.29 is 70.7 Å². The number of pyridine rings is 2. The van der Waals surface area contributed by atoms with Crippen LogP contribution in [0, 0.1) is 76.3 Å². The molecule has 0 fully saturated rings. The van der Waals surface area contributed by atoms with Gasteiger partial charge in [-0.3, -0.25) is 45.4 Å². The third kappa shape index (κ3) is 28.4. The van der Waals surface area contributed by atoms with Crippen LogP contribution >= 0.6 is 0 Å². The number of fused-ring (bicyclic) bond motifs is 9. The lowest BCUT2D eigenvalue weighted by atomic mass is 10.1. The second-order valence-electron chi connectivity index (χ2n) is 36.2. The number of aromatic nitrogens is 18. The van der Waals surface area contributed by atoms with Gasteiger partial charge >= 0.3 is 35.9 Å². The minimum Gasteiger partial charge on any atom is -0.739 e. The molecule has 0 saturated heterocycles. The van der Waals surface area contributed by atoms with Crippen molar-refractivity contribution >= 4 is 147 Å². The Bertz CT molecular complexity index is 7670. The second kappa shape index (κ2) is 50.6. The molecule has 8 aromatic heterocycles. The van der Waals surface area contributed by atoms with Crippen LogP contribution in [0.1, 0.15) is 110 Å². The third-order valence-corrected chi connectivity index (χ3v) is 24.5. The Labute approximate surface area is 854 Å². The van der Waals surface area contributed by atoms with Gasteiger partial charge in [-0.2, -0.15) is 13.2 Å². The molecule has 0 radical (unpaired) electrons. The average Bonchev–Trinajstić information content (AvgIpc) is 0.786. The number of aryl methyl sites for hydroxylation is 5. The molecule has 17 rings (SSSR count). The number of nitrogens with one attached hydrogen (secondary N) is 8. The number of nitrogens with zero attached hydrogens (tertiary/aromatic N) is 22. The number of carbonyl (C=O) groups excluding carboxylic acids is 4.